The molecule has 6 nitrogen and oxygen atoms in total. The molecule has 0 heterocycles. The lowest BCUT2D eigenvalue weighted by Crippen LogP contribution is -2.24. The zero-order valence-corrected chi connectivity index (χ0v) is 15.9. The van der Waals surface area contributed by atoms with Crippen LogP contribution in [-0.4, -0.2) is 46.4 Å². The number of carbonyl (C=O) groups is 1. The van der Waals surface area contributed by atoms with Gasteiger partial charge in [-0.1, -0.05) is 22.9 Å². The molecule has 0 saturated carbocycles. The molecule has 0 bridgehead atoms. The highest BCUT2D eigenvalue weighted by atomic mass is 32.2. The van der Waals surface area contributed by atoms with Gasteiger partial charge in [0.05, 0.1) is 17.8 Å². The molecule has 1 amide bonds. The number of oxime groups is 1. The first-order valence-electron chi connectivity index (χ1n) is 6.89. The van der Waals surface area contributed by atoms with E-state index in [1.807, 2.05) is 32.2 Å². The molecule has 0 aliphatic heterocycles. The lowest BCUT2D eigenvalue weighted by Gasteiger charge is -2.18. The number of thioether (sulfide) groups is 1. The van der Waals surface area contributed by atoms with Gasteiger partial charge in [-0.2, -0.15) is 0 Å². The predicted molar refractivity (Wildman–Crippen MR) is 100 cm³/mol. The van der Waals surface area contributed by atoms with Crippen LogP contribution in [0.25, 0.3) is 0 Å². The molecular weight excluding hydrogens is 332 g/mol. The molecular formula is C15H22N4O2S2. The molecule has 23 heavy (non-hydrogen) atoms. The summed E-state index contributed by atoms with van der Waals surface area (Å²) in [5, 5.41) is 4.39. The normalized spacial score (nSPS) is 11.7. The van der Waals surface area contributed by atoms with Crippen LogP contribution in [0, 0.1) is 13.8 Å². The van der Waals surface area contributed by atoms with Crippen molar-refractivity contribution in [2.24, 2.45) is 10.1 Å². The lowest BCUT2D eigenvalue weighted by atomic mass is 10.1. The van der Waals surface area contributed by atoms with E-state index in [-0.39, 0.29) is 0 Å². The van der Waals surface area contributed by atoms with Gasteiger partial charge in [0, 0.05) is 14.1 Å². The second-order valence-corrected chi connectivity index (χ2v) is 7.12. The molecule has 126 valence electrons. The quantitative estimate of drug-likeness (QED) is 0.260. The van der Waals surface area contributed by atoms with Crippen molar-refractivity contribution in [1.29, 1.82) is 0 Å². The van der Waals surface area contributed by atoms with Crippen molar-refractivity contribution in [1.82, 2.24) is 8.61 Å². The van der Waals surface area contributed by atoms with Gasteiger partial charge in [-0.05, 0) is 38.7 Å². The monoisotopic (exact) mass is 354 g/mol. The molecule has 0 aliphatic carbocycles. The van der Waals surface area contributed by atoms with Gasteiger partial charge in [0.15, 0.2) is 0 Å². The number of benzene rings is 1. The summed E-state index contributed by atoms with van der Waals surface area (Å²) in [6.07, 6.45) is 2.97. The number of rotatable bonds is 5. The first kappa shape index (κ1) is 19.4. The highest BCUT2D eigenvalue weighted by Crippen LogP contribution is 2.20. The van der Waals surface area contributed by atoms with Crippen LogP contribution in [0.2, 0.25) is 0 Å². The summed E-state index contributed by atoms with van der Waals surface area (Å²) in [6, 6.07) is 6.06. The van der Waals surface area contributed by atoms with E-state index in [0.717, 1.165) is 23.4 Å². The van der Waals surface area contributed by atoms with Gasteiger partial charge < -0.3 is 0 Å². The maximum Gasteiger partial charge on any atom is 0.447 e. The van der Waals surface area contributed by atoms with Gasteiger partial charge in [0.25, 0.3) is 0 Å². The summed E-state index contributed by atoms with van der Waals surface area (Å²) in [4.78, 5) is 21.0. The Bertz CT molecular complexity index is 605. The molecule has 1 aromatic rings. The Morgan fingerprint density at radius 2 is 2.00 bits per heavy atom. The minimum atomic E-state index is -0.546. The second-order valence-electron chi connectivity index (χ2n) is 4.83. The molecule has 0 atom stereocenters. The Balaban J connectivity index is 2.56. The minimum absolute atomic E-state index is 0.546. The third-order valence-electron chi connectivity index (χ3n) is 2.77. The van der Waals surface area contributed by atoms with Gasteiger partial charge in [-0.15, -0.1) is 11.8 Å². The maximum absolute atomic E-state index is 11.8. The average Bonchev–Trinajstić information content (AvgIpc) is 2.51. The van der Waals surface area contributed by atoms with Crippen molar-refractivity contribution in [2.75, 3.05) is 20.4 Å². The van der Waals surface area contributed by atoms with Crippen molar-refractivity contribution in [2.45, 2.75) is 20.8 Å². The Labute approximate surface area is 146 Å². The molecule has 0 aromatic heterocycles. The smallest absolute Gasteiger partial charge is 0.296 e. The largest absolute Gasteiger partial charge is 0.447 e. The van der Waals surface area contributed by atoms with Crippen molar-refractivity contribution >= 4 is 47.1 Å². The summed E-state index contributed by atoms with van der Waals surface area (Å²) in [7, 11) is 3.41. The SMILES string of the molecule is CS/C(C)=N/OC(=O)N(C)SN(C)C=Nc1ccc(C)cc1C. The first-order chi connectivity index (χ1) is 10.8. The maximum atomic E-state index is 11.8. The fraction of sp³-hybridized carbons (Fsp3) is 0.400. The summed E-state index contributed by atoms with van der Waals surface area (Å²) >= 11 is 2.58. The zero-order chi connectivity index (χ0) is 17.4. The van der Waals surface area contributed by atoms with Gasteiger partial charge >= 0.3 is 6.09 Å². The predicted octanol–water partition coefficient (Wildman–Crippen LogP) is 4.22. The number of hydrogen-bond donors (Lipinski definition) is 0. The topological polar surface area (TPSA) is 57.5 Å². The number of amides is 1. The van der Waals surface area contributed by atoms with Crippen LogP contribution < -0.4 is 0 Å². The van der Waals surface area contributed by atoms with E-state index in [1.54, 1.807) is 31.7 Å². The fourth-order valence-corrected chi connectivity index (χ4v) is 2.23. The zero-order valence-electron chi connectivity index (χ0n) is 14.2. The standard InChI is InChI=1S/C15H22N4O2S2/c1-11-7-8-14(12(2)9-11)16-10-18(4)23-19(5)15(20)21-17-13(3)22-6/h7-10H,1-6H3/b16-10?,17-13+. The van der Waals surface area contributed by atoms with E-state index < -0.39 is 6.09 Å². The number of aryl methyl sites for hydroxylation is 2. The molecule has 0 N–H and O–H groups in total. The second kappa shape index (κ2) is 9.46. The van der Waals surface area contributed by atoms with Crippen molar-refractivity contribution < 1.29 is 9.63 Å². The van der Waals surface area contributed by atoms with Crippen LogP contribution in [0.4, 0.5) is 10.5 Å². The van der Waals surface area contributed by atoms with Crippen molar-refractivity contribution in [3.63, 3.8) is 0 Å². The van der Waals surface area contributed by atoms with Crippen LogP contribution >= 0.6 is 23.9 Å². The summed E-state index contributed by atoms with van der Waals surface area (Å²) < 4.78 is 3.05. The molecule has 0 aliphatic rings. The van der Waals surface area contributed by atoms with Crippen LogP contribution in [0.3, 0.4) is 0 Å². The molecule has 1 aromatic carbocycles. The summed E-state index contributed by atoms with van der Waals surface area (Å²) in [5.41, 5.74) is 3.20. The molecule has 0 unspecified atom stereocenters. The summed E-state index contributed by atoms with van der Waals surface area (Å²) in [6.45, 7) is 5.83. The highest BCUT2D eigenvalue weighted by molar-refractivity contribution is 8.13. The molecule has 8 heteroatoms. The van der Waals surface area contributed by atoms with E-state index in [1.165, 1.54) is 21.6 Å². The van der Waals surface area contributed by atoms with Gasteiger partial charge in [-0.25, -0.2) is 14.1 Å². The molecule has 0 fully saturated rings. The van der Waals surface area contributed by atoms with E-state index in [4.69, 9.17) is 4.84 Å². The molecule has 0 saturated heterocycles. The fourth-order valence-electron chi connectivity index (χ4n) is 1.54. The number of hydrogen-bond acceptors (Lipinski definition) is 6. The third kappa shape index (κ3) is 6.96. The van der Waals surface area contributed by atoms with Gasteiger partial charge in [0.2, 0.25) is 0 Å². The van der Waals surface area contributed by atoms with E-state index >= 15 is 0 Å². The average molecular weight is 355 g/mol. The first-order valence-corrected chi connectivity index (χ1v) is 8.84. The van der Waals surface area contributed by atoms with Crippen LogP contribution in [-0.2, 0) is 4.84 Å². The van der Waals surface area contributed by atoms with Crippen molar-refractivity contribution in [3.8, 4) is 0 Å². The Kier molecular flexibility index (Phi) is 7.97. The number of carbonyl (C=O) groups excluding carboxylic acids is 1. The van der Waals surface area contributed by atoms with Gasteiger partial charge in [0.1, 0.15) is 11.4 Å². The number of aliphatic imine (C=N–C) groups is 1. The molecule has 1 rings (SSSR count). The lowest BCUT2D eigenvalue weighted by molar-refractivity contribution is 0.137. The van der Waals surface area contributed by atoms with Crippen LogP contribution in [0.15, 0.2) is 28.3 Å². The Hall–Kier alpha value is -1.67. The molecule has 0 spiro atoms. The van der Waals surface area contributed by atoms with Crippen LogP contribution in [0.5, 0.6) is 0 Å². The summed E-state index contributed by atoms with van der Waals surface area (Å²) in [5.74, 6) is 0. The van der Waals surface area contributed by atoms with E-state index in [9.17, 15) is 4.79 Å². The van der Waals surface area contributed by atoms with E-state index in [2.05, 4.69) is 16.2 Å². The minimum Gasteiger partial charge on any atom is -0.296 e. The Morgan fingerprint density at radius 1 is 1.30 bits per heavy atom. The van der Waals surface area contributed by atoms with Gasteiger partial charge in [-0.3, -0.25) is 9.14 Å². The highest BCUT2D eigenvalue weighted by Gasteiger charge is 2.13. The third-order valence-corrected chi connectivity index (χ3v) is 4.18. The molecule has 0 radical (unpaired) electrons. The Morgan fingerprint density at radius 3 is 2.61 bits per heavy atom. The van der Waals surface area contributed by atoms with Crippen molar-refractivity contribution in [3.05, 3.63) is 29.3 Å². The number of nitrogens with zero attached hydrogens (tertiary/aromatic N) is 4. The van der Waals surface area contributed by atoms with E-state index in [0.29, 0.717) is 5.04 Å². The van der Waals surface area contributed by atoms with Crippen LogP contribution in [0.1, 0.15) is 18.1 Å².